The van der Waals surface area contributed by atoms with Crippen molar-refractivity contribution in [2.24, 2.45) is 0 Å². The molecule has 0 fully saturated rings. The van der Waals surface area contributed by atoms with E-state index in [0.717, 1.165) is 5.56 Å². The van der Waals surface area contributed by atoms with Crippen LogP contribution in [0, 0.1) is 5.82 Å². The van der Waals surface area contributed by atoms with Crippen LogP contribution in [0.25, 0.3) is 5.69 Å². The molecule has 0 aliphatic rings. The minimum Gasteiger partial charge on any atom is -0.238 e. The number of hydrogen-bond donors (Lipinski definition) is 0. The first-order chi connectivity index (χ1) is 6.83. The van der Waals surface area contributed by atoms with Crippen LogP contribution < -0.4 is 0 Å². The van der Waals surface area contributed by atoms with Gasteiger partial charge in [-0.25, -0.2) is 9.07 Å². The van der Waals surface area contributed by atoms with Crippen molar-refractivity contribution >= 4 is 15.9 Å². The van der Waals surface area contributed by atoms with Crippen molar-refractivity contribution in [1.29, 1.82) is 0 Å². The maximum atomic E-state index is 13.5. The maximum absolute atomic E-state index is 13.5. The highest BCUT2D eigenvalue weighted by Crippen LogP contribution is 2.19. The van der Waals surface area contributed by atoms with Crippen molar-refractivity contribution in [3.63, 3.8) is 0 Å². The average molecular weight is 255 g/mol. The number of nitrogens with zero attached hydrogens (tertiary/aromatic N) is 2. The molecule has 0 saturated heterocycles. The first-order valence-electron chi connectivity index (χ1n) is 4.16. The molecule has 4 heteroatoms. The third-order valence-corrected chi connectivity index (χ3v) is 2.55. The Morgan fingerprint density at radius 3 is 2.86 bits per heavy atom. The Morgan fingerprint density at radius 2 is 2.21 bits per heavy atom. The van der Waals surface area contributed by atoms with Crippen molar-refractivity contribution in [2.45, 2.75) is 5.33 Å². The molecule has 14 heavy (non-hydrogen) atoms. The number of rotatable bonds is 2. The van der Waals surface area contributed by atoms with Gasteiger partial charge in [0.2, 0.25) is 0 Å². The lowest BCUT2D eigenvalue weighted by Gasteiger charge is -2.07. The van der Waals surface area contributed by atoms with Crippen LogP contribution in [-0.4, -0.2) is 9.78 Å². The first-order valence-corrected chi connectivity index (χ1v) is 5.28. The minimum atomic E-state index is -0.259. The summed E-state index contributed by atoms with van der Waals surface area (Å²) in [6.07, 6.45) is 3.36. The van der Waals surface area contributed by atoms with Crippen molar-refractivity contribution in [2.75, 3.05) is 0 Å². The Morgan fingerprint density at radius 1 is 1.36 bits per heavy atom. The molecule has 0 aliphatic heterocycles. The highest BCUT2D eigenvalue weighted by molar-refractivity contribution is 9.08. The second-order valence-electron chi connectivity index (χ2n) is 2.83. The third kappa shape index (κ3) is 1.57. The Bertz CT molecular complexity index is 426. The van der Waals surface area contributed by atoms with Crippen molar-refractivity contribution in [3.05, 3.63) is 48.0 Å². The molecule has 1 heterocycles. The summed E-state index contributed by atoms with van der Waals surface area (Å²) in [4.78, 5) is 0. The molecule has 72 valence electrons. The van der Waals surface area contributed by atoms with Gasteiger partial charge in [0.25, 0.3) is 0 Å². The average Bonchev–Trinajstić information content (AvgIpc) is 2.70. The SMILES string of the molecule is Fc1cccc(CBr)c1-n1cccn1. The van der Waals surface area contributed by atoms with Gasteiger partial charge in [-0.15, -0.1) is 0 Å². The molecule has 0 radical (unpaired) electrons. The van der Waals surface area contributed by atoms with Gasteiger partial charge in [0.15, 0.2) is 0 Å². The van der Waals surface area contributed by atoms with Gasteiger partial charge in [-0.05, 0) is 17.7 Å². The van der Waals surface area contributed by atoms with Crippen LogP contribution in [0.5, 0.6) is 0 Å². The summed E-state index contributed by atoms with van der Waals surface area (Å²) in [6, 6.07) is 6.77. The molecule has 0 N–H and O–H groups in total. The summed E-state index contributed by atoms with van der Waals surface area (Å²) in [5.74, 6) is -0.259. The zero-order valence-electron chi connectivity index (χ0n) is 7.32. The zero-order valence-corrected chi connectivity index (χ0v) is 8.91. The summed E-state index contributed by atoms with van der Waals surface area (Å²) in [5, 5.41) is 4.62. The van der Waals surface area contributed by atoms with Gasteiger partial charge in [0.05, 0.1) is 0 Å². The molecule has 0 spiro atoms. The summed E-state index contributed by atoms with van der Waals surface area (Å²) in [5.41, 5.74) is 1.39. The van der Waals surface area contributed by atoms with E-state index in [1.54, 1.807) is 24.5 Å². The van der Waals surface area contributed by atoms with Gasteiger partial charge in [-0.1, -0.05) is 28.1 Å². The molecular weight excluding hydrogens is 247 g/mol. The predicted molar refractivity (Wildman–Crippen MR) is 56.2 cm³/mol. The highest BCUT2D eigenvalue weighted by atomic mass is 79.9. The lowest BCUT2D eigenvalue weighted by molar-refractivity contribution is 0.609. The number of aromatic nitrogens is 2. The molecule has 0 aliphatic carbocycles. The topological polar surface area (TPSA) is 17.8 Å². The van der Waals surface area contributed by atoms with Gasteiger partial charge < -0.3 is 0 Å². The van der Waals surface area contributed by atoms with Gasteiger partial charge in [-0.2, -0.15) is 5.10 Å². The number of alkyl halides is 1. The monoisotopic (exact) mass is 254 g/mol. The van der Waals surface area contributed by atoms with E-state index in [4.69, 9.17) is 0 Å². The Labute approximate surface area is 89.5 Å². The standard InChI is InChI=1S/C10H8BrFN2/c11-7-8-3-1-4-9(12)10(8)14-6-2-5-13-14/h1-6H,7H2. The minimum absolute atomic E-state index is 0.259. The molecule has 1 aromatic carbocycles. The normalized spacial score (nSPS) is 10.4. The van der Waals surface area contributed by atoms with E-state index in [9.17, 15) is 4.39 Å². The van der Waals surface area contributed by atoms with E-state index in [-0.39, 0.29) is 5.82 Å². The van der Waals surface area contributed by atoms with Gasteiger partial charge in [0.1, 0.15) is 11.5 Å². The second kappa shape index (κ2) is 3.92. The Balaban J connectivity index is 2.61. The molecule has 1 aromatic heterocycles. The van der Waals surface area contributed by atoms with Crippen LogP contribution in [-0.2, 0) is 5.33 Å². The molecule has 0 bridgehead atoms. The van der Waals surface area contributed by atoms with E-state index in [0.29, 0.717) is 11.0 Å². The van der Waals surface area contributed by atoms with Gasteiger partial charge in [-0.3, -0.25) is 0 Å². The van der Waals surface area contributed by atoms with Crippen molar-refractivity contribution in [3.8, 4) is 5.69 Å². The molecule has 0 saturated carbocycles. The number of hydrogen-bond acceptors (Lipinski definition) is 1. The predicted octanol–water partition coefficient (Wildman–Crippen LogP) is 2.91. The number of benzene rings is 1. The van der Waals surface area contributed by atoms with Gasteiger partial charge in [0, 0.05) is 17.7 Å². The fraction of sp³-hybridized carbons (Fsp3) is 0.100. The summed E-state index contributed by atoms with van der Waals surface area (Å²) >= 11 is 3.32. The van der Waals surface area contributed by atoms with Crippen molar-refractivity contribution in [1.82, 2.24) is 9.78 Å². The molecule has 0 amide bonds. The number of halogens is 2. The van der Waals surface area contributed by atoms with E-state index in [1.807, 2.05) is 6.07 Å². The molecule has 0 atom stereocenters. The van der Waals surface area contributed by atoms with Crippen LogP contribution in [0.3, 0.4) is 0 Å². The largest absolute Gasteiger partial charge is 0.238 e. The Kier molecular flexibility index (Phi) is 2.63. The van der Waals surface area contributed by atoms with E-state index in [2.05, 4.69) is 21.0 Å². The second-order valence-corrected chi connectivity index (χ2v) is 3.39. The maximum Gasteiger partial charge on any atom is 0.149 e. The van der Waals surface area contributed by atoms with E-state index < -0.39 is 0 Å². The van der Waals surface area contributed by atoms with Crippen LogP contribution >= 0.6 is 15.9 Å². The van der Waals surface area contributed by atoms with Crippen LogP contribution in [0.1, 0.15) is 5.56 Å². The lowest BCUT2D eigenvalue weighted by atomic mass is 10.2. The Hall–Kier alpha value is -1.16. The summed E-state index contributed by atoms with van der Waals surface area (Å²) < 4.78 is 15.1. The highest BCUT2D eigenvalue weighted by Gasteiger charge is 2.08. The summed E-state index contributed by atoms with van der Waals surface area (Å²) in [7, 11) is 0. The smallest absolute Gasteiger partial charge is 0.149 e. The molecule has 0 unspecified atom stereocenters. The van der Waals surface area contributed by atoms with Crippen molar-refractivity contribution < 1.29 is 4.39 Å². The van der Waals surface area contributed by atoms with E-state index >= 15 is 0 Å². The lowest BCUT2D eigenvalue weighted by Crippen LogP contribution is -2.01. The van der Waals surface area contributed by atoms with E-state index in [1.165, 1.54) is 10.7 Å². The van der Waals surface area contributed by atoms with Gasteiger partial charge >= 0.3 is 0 Å². The molecular formula is C10H8BrFN2. The number of para-hydroxylation sites is 1. The zero-order chi connectivity index (χ0) is 9.97. The van der Waals surface area contributed by atoms with Crippen LogP contribution in [0.15, 0.2) is 36.7 Å². The fourth-order valence-corrected chi connectivity index (χ4v) is 1.78. The fourth-order valence-electron chi connectivity index (χ4n) is 1.33. The summed E-state index contributed by atoms with van der Waals surface area (Å²) in [6.45, 7) is 0. The first kappa shape index (κ1) is 9.40. The third-order valence-electron chi connectivity index (χ3n) is 1.95. The molecule has 2 rings (SSSR count). The van der Waals surface area contributed by atoms with Crippen LogP contribution in [0.4, 0.5) is 4.39 Å². The molecule has 2 nitrogen and oxygen atoms in total. The quantitative estimate of drug-likeness (QED) is 0.754. The van der Waals surface area contributed by atoms with Crippen LogP contribution in [0.2, 0.25) is 0 Å². The molecule has 2 aromatic rings.